The lowest BCUT2D eigenvalue weighted by Gasteiger charge is -2.04. The van der Waals surface area contributed by atoms with E-state index in [1.54, 1.807) is 36.5 Å². The van der Waals surface area contributed by atoms with Gasteiger partial charge in [-0.15, -0.1) is 11.3 Å². The van der Waals surface area contributed by atoms with Crippen LogP contribution in [0.4, 0.5) is 4.39 Å². The van der Waals surface area contributed by atoms with Crippen molar-refractivity contribution >= 4 is 17.3 Å². The zero-order valence-corrected chi connectivity index (χ0v) is 12.9. The molecule has 0 saturated carbocycles. The normalized spacial score (nSPS) is 11.0. The number of carbonyl (C=O) groups is 1. The van der Waals surface area contributed by atoms with Crippen molar-refractivity contribution < 1.29 is 13.9 Å². The first-order valence-electron chi connectivity index (χ1n) is 6.87. The molecule has 0 spiro atoms. The van der Waals surface area contributed by atoms with Gasteiger partial charge in [0.2, 0.25) is 0 Å². The maximum Gasteiger partial charge on any atom is 0.335 e. The zero-order chi connectivity index (χ0) is 15.2. The molecule has 1 heterocycles. The molecule has 1 aromatic carbocycles. The molecule has 0 unspecified atom stereocenters. The van der Waals surface area contributed by atoms with E-state index in [4.69, 9.17) is 4.74 Å². The Balaban J connectivity index is 2.20. The quantitative estimate of drug-likeness (QED) is 0.442. The van der Waals surface area contributed by atoms with E-state index in [9.17, 15) is 9.18 Å². The Hall–Kier alpha value is -1.94. The van der Waals surface area contributed by atoms with Crippen LogP contribution in [0, 0.1) is 5.82 Å². The number of carbonyl (C=O) groups excluding carboxylic acids is 1. The maximum atomic E-state index is 14.2. The van der Waals surface area contributed by atoms with Crippen LogP contribution in [0.25, 0.3) is 10.4 Å². The molecule has 0 fully saturated rings. The van der Waals surface area contributed by atoms with Crippen LogP contribution in [-0.2, 0) is 11.2 Å². The van der Waals surface area contributed by atoms with Crippen molar-refractivity contribution in [3.05, 3.63) is 53.2 Å². The van der Waals surface area contributed by atoms with E-state index in [2.05, 4.69) is 6.92 Å². The van der Waals surface area contributed by atoms with Crippen molar-refractivity contribution in [1.29, 1.82) is 0 Å². The number of allylic oxidation sites excluding steroid dienone is 1. The topological polar surface area (TPSA) is 26.3 Å². The summed E-state index contributed by atoms with van der Waals surface area (Å²) in [7, 11) is 0. The largest absolute Gasteiger partial charge is 0.423 e. The van der Waals surface area contributed by atoms with Gasteiger partial charge >= 0.3 is 5.97 Å². The Labute approximate surface area is 127 Å². The lowest BCUT2D eigenvalue weighted by atomic mass is 10.1. The number of thiophene rings is 1. The molecule has 0 atom stereocenters. The van der Waals surface area contributed by atoms with Crippen LogP contribution in [0.1, 0.15) is 25.1 Å². The highest BCUT2D eigenvalue weighted by Crippen LogP contribution is 2.32. The van der Waals surface area contributed by atoms with E-state index in [1.807, 2.05) is 12.1 Å². The molecule has 0 N–H and O–H groups in total. The van der Waals surface area contributed by atoms with Gasteiger partial charge in [-0.1, -0.05) is 19.4 Å². The summed E-state index contributed by atoms with van der Waals surface area (Å²) in [5, 5.41) is 0. The highest BCUT2D eigenvalue weighted by Gasteiger charge is 2.10. The standard InChI is InChI=1S/C17H17FO2S/c1-3-5-13-8-10-16(21-13)14-9-7-12(11-15(14)18)20-17(19)6-4-2/h4,6-11H,3,5H2,1-2H3. The summed E-state index contributed by atoms with van der Waals surface area (Å²) in [6.07, 6.45) is 4.95. The SMILES string of the molecule is CC=CC(=O)Oc1ccc(-c2ccc(CCC)s2)c(F)c1. The van der Waals surface area contributed by atoms with Gasteiger partial charge < -0.3 is 4.74 Å². The molecule has 2 rings (SSSR count). The van der Waals surface area contributed by atoms with Crippen LogP contribution in [0.2, 0.25) is 0 Å². The third kappa shape index (κ3) is 4.02. The molecule has 4 heteroatoms. The fourth-order valence-corrected chi connectivity index (χ4v) is 3.09. The van der Waals surface area contributed by atoms with Gasteiger partial charge in [-0.05, 0) is 37.6 Å². The Morgan fingerprint density at radius 2 is 2.14 bits per heavy atom. The van der Waals surface area contributed by atoms with E-state index in [0.29, 0.717) is 5.56 Å². The van der Waals surface area contributed by atoms with Crippen molar-refractivity contribution in [1.82, 2.24) is 0 Å². The van der Waals surface area contributed by atoms with Crippen molar-refractivity contribution in [2.24, 2.45) is 0 Å². The second-order valence-electron chi connectivity index (χ2n) is 4.58. The fraction of sp³-hybridized carbons (Fsp3) is 0.235. The van der Waals surface area contributed by atoms with E-state index >= 15 is 0 Å². The van der Waals surface area contributed by atoms with Crippen LogP contribution in [0.3, 0.4) is 0 Å². The molecule has 0 amide bonds. The molecule has 0 bridgehead atoms. The number of esters is 1. The lowest BCUT2D eigenvalue weighted by Crippen LogP contribution is -2.03. The second-order valence-corrected chi connectivity index (χ2v) is 5.75. The molecule has 110 valence electrons. The number of ether oxygens (including phenoxy) is 1. The molecular formula is C17H17FO2S. The number of aryl methyl sites for hydroxylation is 1. The lowest BCUT2D eigenvalue weighted by molar-refractivity contribution is -0.129. The predicted octanol–water partition coefficient (Wildman–Crippen LogP) is 4.99. The zero-order valence-electron chi connectivity index (χ0n) is 12.1. The van der Waals surface area contributed by atoms with Gasteiger partial charge in [0.25, 0.3) is 0 Å². The van der Waals surface area contributed by atoms with Crippen LogP contribution in [0.15, 0.2) is 42.5 Å². The van der Waals surface area contributed by atoms with Crippen molar-refractivity contribution in [3.63, 3.8) is 0 Å². The molecule has 1 aromatic heterocycles. The van der Waals surface area contributed by atoms with Gasteiger partial charge in [0.05, 0.1) is 0 Å². The van der Waals surface area contributed by atoms with E-state index < -0.39 is 5.97 Å². The van der Waals surface area contributed by atoms with Crippen LogP contribution >= 0.6 is 11.3 Å². The molecule has 0 aliphatic carbocycles. The molecule has 0 aliphatic heterocycles. The summed E-state index contributed by atoms with van der Waals surface area (Å²) in [4.78, 5) is 13.5. The molecule has 21 heavy (non-hydrogen) atoms. The van der Waals surface area contributed by atoms with Crippen LogP contribution in [0.5, 0.6) is 5.75 Å². The monoisotopic (exact) mass is 304 g/mol. The Bertz CT molecular complexity index is 659. The minimum atomic E-state index is -0.508. The summed E-state index contributed by atoms with van der Waals surface area (Å²) < 4.78 is 19.2. The summed E-state index contributed by atoms with van der Waals surface area (Å²) in [5.74, 6) is -0.679. The summed E-state index contributed by atoms with van der Waals surface area (Å²) in [5.41, 5.74) is 0.535. The highest BCUT2D eigenvalue weighted by molar-refractivity contribution is 7.15. The number of benzene rings is 1. The third-order valence-electron chi connectivity index (χ3n) is 2.89. The summed E-state index contributed by atoms with van der Waals surface area (Å²) in [6.45, 7) is 3.84. The average molecular weight is 304 g/mol. The Morgan fingerprint density at radius 3 is 2.81 bits per heavy atom. The molecule has 2 nitrogen and oxygen atoms in total. The van der Waals surface area contributed by atoms with E-state index in [1.165, 1.54) is 17.0 Å². The number of hydrogen-bond donors (Lipinski definition) is 0. The second kappa shape index (κ2) is 7.18. The number of rotatable bonds is 5. The van der Waals surface area contributed by atoms with Gasteiger partial charge in [-0.25, -0.2) is 9.18 Å². The van der Waals surface area contributed by atoms with Gasteiger partial charge in [0, 0.05) is 27.5 Å². The minimum absolute atomic E-state index is 0.213. The molecule has 2 aromatic rings. The smallest absolute Gasteiger partial charge is 0.335 e. The number of halogens is 1. The molecule has 0 radical (unpaired) electrons. The van der Waals surface area contributed by atoms with E-state index in [0.717, 1.165) is 17.7 Å². The maximum absolute atomic E-state index is 14.2. The molecule has 0 aliphatic rings. The Kier molecular flexibility index (Phi) is 5.28. The fourth-order valence-electron chi connectivity index (χ4n) is 1.95. The summed E-state index contributed by atoms with van der Waals surface area (Å²) >= 11 is 1.59. The first-order valence-corrected chi connectivity index (χ1v) is 7.68. The van der Waals surface area contributed by atoms with Crippen LogP contribution < -0.4 is 4.74 Å². The Morgan fingerprint density at radius 1 is 1.33 bits per heavy atom. The summed E-state index contributed by atoms with van der Waals surface area (Å²) in [6, 6.07) is 8.46. The predicted molar refractivity (Wildman–Crippen MR) is 84.2 cm³/mol. The van der Waals surface area contributed by atoms with Crippen LogP contribution in [-0.4, -0.2) is 5.97 Å². The van der Waals surface area contributed by atoms with Gasteiger partial charge in [-0.3, -0.25) is 0 Å². The molecular weight excluding hydrogens is 287 g/mol. The third-order valence-corrected chi connectivity index (χ3v) is 4.06. The van der Waals surface area contributed by atoms with Crippen molar-refractivity contribution in [2.45, 2.75) is 26.7 Å². The first-order chi connectivity index (χ1) is 10.1. The first kappa shape index (κ1) is 15.4. The molecule has 0 saturated heterocycles. The number of hydrogen-bond acceptors (Lipinski definition) is 3. The van der Waals surface area contributed by atoms with Gasteiger partial charge in [0.1, 0.15) is 11.6 Å². The van der Waals surface area contributed by atoms with Gasteiger partial charge in [0.15, 0.2) is 0 Å². The highest BCUT2D eigenvalue weighted by atomic mass is 32.1. The average Bonchev–Trinajstić information content (AvgIpc) is 2.88. The van der Waals surface area contributed by atoms with Crippen molar-refractivity contribution in [3.8, 4) is 16.2 Å². The van der Waals surface area contributed by atoms with Crippen molar-refractivity contribution in [2.75, 3.05) is 0 Å². The van der Waals surface area contributed by atoms with Gasteiger partial charge in [-0.2, -0.15) is 0 Å². The van der Waals surface area contributed by atoms with E-state index in [-0.39, 0.29) is 11.6 Å². The minimum Gasteiger partial charge on any atom is -0.423 e.